The highest BCUT2D eigenvalue weighted by Crippen LogP contribution is 2.32. The SMILES string of the molecule is C/C(=N\Nc1ncnc2sc(C)c(C)c12)c1ccc(S(=O)(=O)NCc2ccco2)cc1. The van der Waals surface area contributed by atoms with Gasteiger partial charge in [0.05, 0.1) is 28.8 Å². The fourth-order valence-electron chi connectivity index (χ4n) is 3.01. The zero-order valence-electron chi connectivity index (χ0n) is 17.2. The molecule has 8 nitrogen and oxygen atoms in total. The summed E-state index contributed by atoms with van der Waals surface area (Å²) in [6.07, 6.45) is 3.02. The van der Waals surface area contributed by atoms with Crippen LogP contribution in [0.25, 0.3) is 10.2 Å². The predicted octanol–water partition coefficient (Wildman–Crippen LogP) is 4.22. The molecule has 4 aromatic rings. The van der Waals surface area contributed by atoms with E-state index < -0.39 is 10.0 Å². The zero-order valence-corrected chi connectivity index (χ0v) is 18.8. The number of hydrazone groups is 1. The van der Waals surface area contributed by atoms with Gasteiger partial charge in [-0.3, -0.25) is 5.43 Å². The van der Waals surface area contributed by atoms with E-state index in [0.29, 0.717) is 17.3 Å². The summed E-state index contributed by atoms with van der Waals surface area (Å²) in [5, 5.41) is 5.39. The van der Waals surface area contributed by atoms with E-state index in [9.17, 15) is 8.42 Å². The van der Waals surface area contributed by atoms with Crippen LogP contribution in [0, 0.1) is 13.8 Å². The molecule has 4 rings (SSSR count). The predicted molar refractivity (Wildman–Crippen MR) is 122 cm³/mol. The van der Waals surface area contributed by atoms with Crippen LogP contribution in [-0.2, 0) is 16.6 Å². The molecular weight excluding hydrogens is 434 g/mol. The number of aromatic nitrogens is 2. The topological polar surface area (TPSA) is 109 Å². The van der Waals surface area contributed by atoms with Gasteiger partial charge in [0.1, 0.15) is 16.9 Å². The van der Waals surface area contributed by atoms with Gasteiger partial charge in [-0.2, -0.15) is 5.10 Å². The molecule has 0 radical (unpaired) electrons. The Labute approximate surface area is 184 Å². The van der Waals surface area contributed by atoms with Crippen LogP contribution in [0.5, 0.6) is 0 Å². The molecule has 0 saturated carbocycles. The largest absolute Gasteiger partial charge is 0.468 e. The van der Waals surface area contributed by atoms with Crippen molar-refractivity contribution in [1.29, 1.82) is 0 Å². The fourth-order valence-corrected chi connectivity index (χ4v) is 5.00. The van der Waals surface area contributed by atoms with Crippen LogP contribution in [0.2, 0.25) is 0 Å². The normalized spacial score (nSPS) is 12.4. The minimum absolute atomic E-state index is 0.0936. The summed E-state index contributed by atoms with van der Waals surface area (Å²) < 4.78 is 32.6. The Hall–Kier alpha value is -3.08. The van der Waals surface area contributed by atoms with Gasteiger partial charge < -0.3 is 4.42 Å². The second-order valence-electron chi connectivity index (χ2n) is 6.92. The first-order chi connectivity index (χ1) is 14.8. The molecule has 0 fully saturated rings. The maximum atomic E-state index is 12.5. The van der Waals surface area contributed by atoms with E-state index in [2.05, 4.69) is 32.1 Å². The van der Waals surface area contributed by atoms with Crippen molar-refractivity contribution in [2.24, 2.45) is 5.10 Å². The fraction of sp³-hybridized carbons (Fsp3) is 0.190. The van der Waals surface area contributed by atoms with Gasteiger partial charge in [-0.15, -0.1) is 11.3 Å². The van der Waals surface area contributed by atoms with E-state index >= 15 is 0 Å². The standard InChI is InChI=1S/C21H21N5O3S2/c1-13-15(3)30-21-19(13)20(22-12-23-21)26-25-14(2)16-6-8-18(9-7-16)31(27,28)24-11-17-5-4-10-29-17/h4-10,12,24H,11H2,1-3H3,(H,22,23,26)/b25-14+. The molecule has 0 aliphatic rings. The molecule has 10 heteroatoms. The third-order valence-corrected chi connectivity index (χ3v) is 7.43. The summed E-state index contributed by atoms with van der Waals surface area (Å²) in [5.74, 6) is 1.19. The number of hydrogen-bond donors (Lipinski definition) is 2. The minimum Gasteiger partial charge on any atom is -0.468 e. The first-order valence-electron chi connectivity index (χ1n) is 9.48. The average molecular weight is 456 g/mol. The minimum atomic E-state index is -3.64. The lowest BCUT2D eigenvalue weighted by molar-refractivity contribution is 0.498. The van der Waals surface area contributed by atoms with Crippen molar-refractivity contribution in [3.05, 3.63) is 70.8 Å². The molecule has 0 aliphatic heterocycles. The monoisotopic (exact) mass is 455 g/mol. The Morgan fingerprint density at radius 2 is 1.94 bits per heavy atom. The summed E-state index contributed by atoms with van der Waals surface area (Å²) in [7, 11) is -3.64. The lowest BCUT2D eigenvalue weighted by Gasteiger charge is -2.07. The van der Waals surface area contributed by atoms with Crippen molar-refractivity contribution in [2.75, 3.05) is 5.43 Å². The van der Waals surface area contributed by atoms with Crippen LogP contribution >= 0.6 is 11.3 Å². The number of benzene rings is 1. The highest BCUT2D eigenvalue weighted by molar-refractivity contribution is 7.89. The number of aryl methyl sites for hydroxylation is 2. The van der Waals surface area contributed by atoms with Gasteiger partial charge in [-0.25, -0.2) is 23.1 Å². The summed E-state index contributed by atoms with van der Waals surface area (Å²) in [5.41, 5.74) is 5.65. The van der Waals surface area contributed by atoms with Gasteiger partial charge in [0, 0.05) is 4.88 Å². The molecule has 0 bridgehead atoms. The quantitative estimate of drug-likeness (QED) is 0.319. The highest BCUT2D eigenvalue weighted by atomic mass is 32.2. The Kier molecular flexibility index (Phi) is 5.86. The van der Waals surface area contributed by atoms with Crippen molar-refractivity contribution in [3.63, 3.8) is 0 Å². The molecule has 3 heterocycles. The Morgan fingerprint density at radius 1 is 1.16 bits per heavy atom. The van der Waals surface area contributed by atoms with Crippen LogP contribution < -0.4 is 10.1 Å². The van der Waals surface area contributed by atoms with Gasteiger partial charge in [-0.05, 0) is 56.2 Å². The number of hydrogen-bond acceptors (Lipinski definition) is 8. The van der Waals surface area contributed by atoms with E-state index in [1.807, 2.05) is 13.8 Å². The molecule has 0 amide bonds. The van der Waals surface area contributed by atoms with E-state index in [-0.39, 0.29) is 11.4 Å². The molecule has 0 atom stereocenters. The molecule has 160 valence electrons. The van der Waals surface area contributed by atoms with Crippen LogP contribution in [0.4, 0.5) is 5.82 Å². The first kappa shape index (κ1) is 21.2. The van der Waals surface area contributed by atoms with Gasteiger partial charge in [-0.1, -0.05) is 12.1 Å². The summed E-state index contributed by atoms with van der Waals surface area (Å²) in [6.45, 7) is 6.03. The average Bonchev–Trinajstić information content (AvgIpc) is 3.39. The third-order valence-electron chi connectivity index (χ3n) is 4.89. The van der Waals surface area contributed by atoms with Gasteiger partial charge in [0.2, 0.25) is 10.0 Å². The van der Waals surface area contributed by atoms with Crippen LogP contribution in [0.15, 0.2) is 63.4 Å². The maximum absolute atomic E-state index is 12.5. The summed E-state index contributed by atoms with van der Waals surface area (Å²) in [6, 6.07) is 9.96. The molecule has 0 spiro atoms. The molecule has 0 saturated heterocycles. The Balaban J connectivity index is 1.49. The number of rotatable bonds is 7. The number of nitrogens with one attached hydrogen (secondary N) is 2. The van der Waals surface area contributed by atoms with Crippen LogP contribution in [0.1, 0.15) is 28.7 Å². The number of nitrogens with zero attached hydrogens (tertiary/aromatic N) is 3. The zero-order chi connectivity index (χ0) is 22.0. The number of fused-ring (bicyclic) bond motifs is 1. The molecule has 31 heavy (non-hydrogen) atoms. The van der Waals surface area contributed by atoms with E-state index in [1.54, 1.807) is 47.7 Å². The second-order valence-corrected chi connectivity index (χ2v) is 9.89. The summed E-state index contributed by atoms with van der Waals surface area (Å²) in [4.78, 5) is 10.9. The third kappa shape index (κ3) is 4.50. The van der Waals surface area contributed by atoms with Gasteiger partial charge in [0.25, 0.3) is 0 Å². The lowest BCUT2D eigenvalue weighted by atomic mass is 10.1. The molecule has 0 unspecified atom stereocenters. The Morgan fingerprint density at radius 3 is 2.65 bits per heavy atom. The number of sulfonamides is 1. The van der Waals surface area contributed by atoms with Gasteiger partial charge >= 0.3 is 0 Å². The van der Waals surface area contributed by atoms with E-state index in [1.165, 1.54) is 17.5 Å². The van der Waals surface area contributed by atoms with Gasteiger partial charge in [0.15, 0.2) is 5.82 Å². The van der Waals surface area contributed by atoms with Crippen molar-refractivity contribution in [3.8, 4) is 0 Å². The molecule has 0 aliphatic carbocycles. The van der Waals surface area contributed by atoms with Crippen LogP contribution in [-0.4, -0.2) is 24.1 Å². The van der Waals surface area contributed by atoms with Crippen LogP contribution in [0.3, 0.4) is 0 Å². The van der Waals surface area contributed by atoms with E-state index in [4.69, 9.17) is 4.42 Å². The maximum Gasteiger partial charge on any atom is 0.240 e. The van der Waals surface area contributed by atoms with E-state index in [0.717, 1.165) is 21.3 Å². The number of anilines is 1. The number of thiophene rings is 1. The van der Waals surface area contributed by atoms with Crippen molar-refractivity contribution >= 4 is 43.1 Å². The molecular formula is C21H21N5O3S2. The lowest BCUT2D eigenvalue weighted by Crippen LogP contribution is -2.23. The first-order valence-corrected chi connectivity index (χ1v) is 11.8. The smallest absolute Gasteiger partial charge is 0.240 e. The highest BCUT2D eigenvalue weighted by Gasteiger charge is 2.15. The number of furan rings is 1. The summed E-state index contributed by atoms with van der Waals surface area (Å²) >= 11 is 1.62. The second kappa shape index (κ2) is 8.58. The van der Waals surface area contributed by atoms with Crippen molar-refractivity contribution in [2.45, 2.75) is 32.2 Å². The molecule has 1 aromatic carbocycles. The van der Waals surface area contributed by atoms with Crippen molar-refractivity contribution in [1.82, 2.24) is 14.7 Å². The molecule has 3 aromatic heterocycles. The Bertz CT molecular complexity index is 1340. The van der Waals surface area contributed by atoms with Crippen molar-refractivity contribution < 1.29 is 12.8 Å². The molecule has 2 N–H and O–H groups in total.